The first kappa shape index (κ1) is 8.83. The van der Waals surface area contributed by atoms with Crippen molar-refractivity contribution in [3.63, 3.8) is 0 Å². The fourth-order valence-electron chi connectivity index (χ4n) is 1.21. The van der Waals surface area contributed by atoms with Gasteiger partial charge in [-0.1, -0.05) is 0 Å². The average Bonchev–Trinajstić information content (AvgIpc) is 2.05. The summed E-state index contributed by atoms with van der Waals surface area (Å²) in [7, 11) is 0. The molecule has 0 spiro atoms. The third-order valence-corrected chi connectivity index (χ3v) is 1.92. The minimum Gasteiger partial charge on any atom is -0.303 e. The van der Waals surface area contributed by atoms with Gasteiger partial charge in [-0.05, 0) is 6.42 Å². The number of halogens is 1. The molecule has 0 aromatic carbocycles. The summed E-state index contributed by atoms with van der Waals surface area (Å²) in [6.45, 7) is 0. The topological polar surface area (TPSA) is 60.2 Å². The number of allylic oxidation sites excluding steroid dienone is 2. The van der Waals surface area contributed by atoms with Crippen LogP contribution in [0.2, 0.25) is 0 Å². The Morgan fingerprint density at radius 3 is 2.83 bits per heavy atom. The molecule has 0 amide bonds. The second kappa shape index (κ2) is 3.42. The second-order valence-corrected chi connectivity index (χ2v) is 2.75. The Bertz CT molecular complexity index is 249. The molecule has 0 aliphatic heterocycles. The average molecular weight is 173 g/mol. The molecule has 66 valence electrons. The lowest BCUT2D eigenvalue weighted by molar-refractivity contribution is -0.432. The molecule has 0 fully saturated rings. The third kappa shape index (κ3) is 1.66. The van der Waals surface area contributed by atoms with Gasteiger partial charge in [0.1, 0.15) is 6.29 Å². The summed E-state index contributed by atoms with van der Waals surface area (Å²) in [4.78, 5) is 19.7. The zero-order valence-electron chi connectivity index (χ0n) is 6.33. The van der Waals surface area contributed by atoms with Crippen LogP contribution < -0.4 is 0 Å². The van der Waals surface area contributed by atoms with Crippen LogP contribution >= 0.6 is 0 Å². The van der Waals surface area contributed by atoms with E-state index in [1.165, 1.54) is 0 Å². The quantitative estimate of drug-likeness (QED) is 0.360. The summed E-state index contributed by atoms with van der Waals surface area (Å²) in [6, 6.07) is 0. The lowest BCUT2D eigenvalue weighted by atomic mass is 9.93. The van der Waals surface area contributed by atoms with Gasteiger partial charge in [0.2, 0.25) is 0 Å². The van der Waals surface area contributed by atoms with Gasteiger partial charge in [0.05, 0.1) is 11.3 Å². The van der Waals surface area contributed by atoms with E-state index in [1.807, 2.05) is 0 Å². The van der Waals surface area contributed by atoms with Crippen molar-refractivity contribution in [1.82, 2.24) is 0 Å². The minimum absolute atomic E-state index is 0.0136. The highest BCUT2D eigenvalue weighted by Gasteiger charge is 2.28. The molecule has 0 bridgehead atoms. The standard InChI is InChI=1S/C7H8FNO3/c8-6-2-1-5(4-10)3-7(6)9(11)12/h4-5H,1-3H2/t5-/m0/s1. The maximum atomic E-state index is 12.7. The van der Waals surface area contributed by atoms with Crippen LogP contribution in [0.4, 0.5) is 4.39 Å². The Hall–Kier alpha value is -1.26. The molecule has 1 aliphatic carbocycles. The van der Waals surface area contributed by atoms with Gasteiger partial charge in [0.25, 0.3) is 5.70 Å². The van der Waals surface area contributed by atoms with E-state index in [9.17, 15) is 19.3 Å². The number of nitro groups is 1. The van der Waals surface area contributed by atoms with Crippen molar-refractivity contribution in [3.05, 3.63) is 21.6 Å². The molecule has 1 rings (SSSR count). The highest BCUT2D eigenvalue weighted by Crippen LogP contribution is 2.29. The van der Waals surface area contributed by atoms with Crippen LogP contribution in [0.25, 0.3) is 0 Å². The Kier molecular flexibility index (Phi) is 2.52. The number of carbonyl (C=O) groups is 1. The lowest BCUT2D eigenvalue weighted by Crippen LogP contribution is -2.15. The zero-order chi connectivity index (χ0) is 9.14. The summed E-state index contributed by atoms with van der Waals surface area (Å²) in [5.41, 5.74) is -0.432. The molecule has 0 N–H and O–H groups in total. The molecule has 0 aromatic heterocycles. The Morgan fingerprint density at radius 2 is 2.33 bits per heavy atom. The maximum Gasteiger partial charge on any atom is 0.278 e. The van der Waals surface area contributed by atoms with Crippen molar-refractivity contribution in [2.75, 3.05) is 0 Å². The number of hydrogen-bond donors (Lipinski definition) is 0. The summed E-state index contributed by atoms with van der Waals surface area (Å²) in [6.07, 6.45) is 0.977. The smallest absolute Gasteiger partial charge is 0.278 e. The maximum absolute atomic E-state index is 12.7. The molecule has 0 aromatic rings. The van der Waals surface area contributed by atoms with Gasteiger partial charge in [-0.3, -0.25) is 10.1 Å². The van der Waals surface area contributed by atoms with E-state index in [0.717, 1.165) is 0 Å². The molecule has 0 heterocycles. The molecular weight excluding hydrogens is 165 g/mol. The summed E-state index contributed by atoms with van der Waals surface area (Å²) >= 11 is 0. The molecule has 5 heteroatoms. The van der Waals surface area contributed by atoms with Gasteiger partial charge in [0.15, 0.2) is 5.83 Å². The van der Waals surface area contributed by atoms with E-state index in [-0.39, 0.29) is 18.8 Å². The predicted molar refractivity (Wildman–Crippen MR) is 38.5 cm³/mol. The number of hydrogen-bond acceptors (Lipinski definition) is 3. The highest BCUT2D eigenvalue weighted by molar-refractivity contribution is 5.54. The van der Waals surface area contributed by atoms with Crippen molar-refractivity contribution in [2.45, 2.75) is 19.3 Å². The van der Waals surface area contributed by atoms with E-state index in [2.05, 4.69) is 0 Å². The normalized spacial score (nSPS) is 23.9. The van der Waals surface area contributed by atoms with Crippen LogP contribution in [-0.4, -0.2) is 11.2 Å². The van der Waals surface area contributed by atoms with Crippen molar-refractivity contribution in [3.8, 4) is 0 Å². The molecule has 0 radical (unpaired) electrons. The van der Waals surface area contributed by atoms with Gasteiger partial charge < -0.3 is 4.79 Å². The van der Waals surface area contributed by atoms with E-state index < -0.39 is 16.4 Å². The molecule has 0 saturated heterocycles. The lowest BCUT2D eigenvalue weighted by Gasteiger charge is -2.13. The number of carbonyl (C=O) groups excluding carboxylic acids is 1. The van der Waals surface area contributed by atoms with Gasteiger partial charge >= 0.3 is 0 Å². The van der Waals surface area contributed by atoms with Crippen LogP contribution in [0.3, 0.4) is 0 Å². The van der Waals surface area contributed by atoms with Crippen molar-refractivity contribution >= 4 is 6.29 Å². The van der Waals surface area contributed by atoms with E-state index in [1.54, 1.807) is 0 Å². The van der Waals surface area contributed by atoms with Crippen LogP contribution in [0.15, 0.2) is 11.5 Å². The summed E-state index contributed by atoms with van der Waals surface area (Å²) in [5.74, 6) is -1.07. The van der Waals surface area contributed by atoms with E-state index in [0.29, 0.717) is 12.7 Å². The van der Waals surface area contributed by atoms with Crippen LogP contribution in [0.1, 0.15) is 19.3 Å². The number of rotatable bonds is 2. The van der Waals surface area contributed by atoms with Gasteiger partial charge in [0, 0.05) is 12.3 Å². The number of aldehydes is 1. The van der Waals surface area contributed by atoms with Crippen molar-refractivity contribution in [1.29, 1.82) is 0 Å². The van der Waals surface area contributed by atoms with Crippen molar-refractivity contribution < 1.29 is 14.1 Å². The SMILES string of the molecule is O=C[C@H]1CCC(F)=C([N+](=O)[O-])C1. The van der Waals surface area contributed by atoms with Gasteiger partial charge in [-0.2, -0.15) is 0 Å². The molecule has 1 aliphatic rings. The monoisotopic (exact) mass is 173 g/mol. The van der Waals surface area contributed by atoms with Gasteiger partial charge in [-0.15, -0.1) is 0 Å². The summed E-state index contributed by atoms with van der Waals surface area (Å²) in [5, 5.41) is 10.2. The first-order chi connectivity index (χ1) is 5.65. The van der Waals surface area contributed by atoms with E-state index in [4.69, 9.17) is 0 Å². The molecule has 4 nitrogen and oxygen atoms in total. The molecule has 0 saturated carbocycles. The Labute approximate surface area is 68.2 Å². The second-order valence-electron chi connectivity index (χ2n) is 2.75. The van der Waals surface area contributed by atoms with Crippen LogP contribution in [-0.2, 0) is 4.79 Å². The minimum atomic E-state index is -0.745. The Morgan fingerprint density at radius 1 is 1.67 bits per heavy atom. The fourth-order valence-corrected chi connectivity index (χ4v) is 1.21. The fraction of sp³-hybridized carbons (Fsp3) is 0.571. The Balaban J connectivity index is 2.80. The molecule has 0 unspecified atom stereocenters. The molecule has 1 atom stereocenters. The first-order valence-electron chi connectivity index (χ1n) is 3.62. The zero-order valence-corrected chi connectivity index (χ0v) is 6.33. The van der Waals surface area contributed by atoms with Crippen LogP contribution in [0, 0.1) is 16.0 Å². The number of nitrogens with zero attached hydrogens (tertiary/aromatic N) is 1. The van der Waals surface area contributed by atoms with E-state index >= 15 is 0 Å². The first-order valence-corrected chi connectivity index (χ1v) is 3.62. The largest absolute Gasteiger partial charge is 0.303 e. The highest BCUT2D eigenvalue weighted by atomic mass is 19.1. The van der Waals surface area contributed by atoms with Crippen LogP contribution in [0.5, 0.6) is 0 Å². The van der Waals surface area contributed by atoms with Gasteiger partial charge in [-0.25, -0.2) is 4.39 Å². The predicted octanol–water partition coefficient (Wildman–Crippen LogP) is 1.44. The van der Waals surface area contributed by atoms with Crippen molar-refractivity contribution in [2.24, 2.45) is 5.92 Å². The molecule has 12 heavy (non-hydrogen) atoms. The third-order valence-electron chi connectivity index (χ3n) is 1.92. The molecular formula is C7H8FNO3. The summed E-state index contributed by atoms with van der Waals surface area (Å²) < 4.78 is 12.7.